The molecule has 1 saturated carbocycles. The third kappa shape index (κ3) is 5.02. The molecule has 1 heterocycles. The number of aromatic nitrogens is 1. The van der Waals surface area contributed by atoms with Crippen molar-refractivity contribution in [3.05, 3.63) is 11.5 Å². The summed E-state index contributed by atoms with van der Waals surface area (Å²) in [6, 6.07) is 0.117. The lowest BCUT2D eigenvalue weighted by atomic mass is 10.2. The fourth-order valence-electron chi connectivity index (χ4n) is 2.77. The van der Waals surface area contributed by atoms with Crippen molar-refractivity contribution >= 4 is 21.9 Å². The number of nitrogens with zero attached hydrogens (tertiary/aromatic N) is 1. The molecule has 2 N–H and O–H groups in total. The molecule has 0 aromatic carbocycles. The number of hydrogen-bond acceptors (Lipinski definition) is 7. The molecular weight excluding hydrogens is 350 g/mol. The van der Waals surface area contributed by atoms with Gasteiger partial charge in [0.25, 0.3) is 5.91 Å². The van der Waals surface area contributed by atoms with E-state index in [9.17, 15) is 18.0 Å². The maximum atomic E-state index is 12.2. The number of nitrogens with one attached hydrogen (secondary N) is 2. The average molecular weight is 373 g/mol. The van der Waals surface area contributed by atoms with Crippen LogP contribution < -0.4 is 10.0 Å². The number of sulfonamides is 1. The molecule has 1 fully saturated rings. The molecule has 1 aromatic heterocycles. The molecule has 140 valence electrons. The van der Waals surface area contributed by atoms with Crippen molar-refractivity contribution in [2.45, 2.75) is 63.5 Å². The first kappa shape index (κ1) is 19.4. The highest BCUT2D eigenvalue weighted by atomic mass is 32.2. The van der Waals surface area contributed by atoms with E-state index in [4.69, 9.17) is 9.26 Å². The number of aryl methyl sites for hydroxylation is 2. The average Bonchev–Trinajstić information content (AvgIpc) is 3.15. The maximum absolute atomic E-state index is 12.2. The Bertz CT molecular complexity index is 717. The van der Waals surface area contributed by atoms with E-state index in [0.717, 1.165) is 25.7 Å². The quantitative estimate of drug-likeness (QED) is 0.668. The summed E-state index contributed by atoms with van der Waals surface area (Å²) in [4.78, 5) is 23.7. The summed E-state index contributed by atoms with van der Waals surface area (Å²) in [5.41, 5.74) is 0.197. The molecule has 0 bridgehead atoms. The lowest BCUT2D eigenvalue weighted by Crippen LogP contribution is -2.42. The number of carbonyl (C=O) groups is 2. The predicted molar refractivity (Wildman–Crippen MR) is 87.1 cm³/mol. The van der Waals surface area contributed by atoms with Gasteiger partial charge in [0, 0.05) is 6.04 Å². The largest absolute Gasteiger partial charge is 0.452 e. The Labute approximate surface area is 146 Å². The zero-order chi connectivity index (χ0) is 18.6. The summed E-state index contributed by atoms with van der Waals surface area (Å²) >= 11 is 0. The van der Waals surface area contributed by atoms with Gasteiger partial charge in [-0.1, -0.05) is 18.0 Å². The molecule has 0 saturated heterocycles. The molecule has 0 unspecified atom stereocenters. The van der Waals surface area contributed by atoms with E-state index in [0.29, 0.717) is 0 Å². The molecule has 1 atom stereocenters. The molecular formula is C15H23N3O6S. The van der Waals surface area contributed by atoms with Gasteiger partial charge in [-0.3, -0.25) is 9.59 Å². The Balaban J connectivity index is 1.84. The summed E-state index contributed by atoms with van der Waals surface area (Å²) in [6.45, 7) is 3.81. The van der Waals surface area contributed by atoms with Gasteiger partial charge in [0.2, 0.25) is 10.0 Å². The zero-order valence-corrected chi connectivity index (χ0v) is 15.3. The van der Waals surface area contributed by atoms with Crippen LogP contribution in [0.5, 0.6) is 0 Å². The Morgan fingerprint density at radius 3 is 2.52 bits per heavy atom. The van der Waals surface area contributed by atoms with Gasteiger partial charge in [0.1, 0.15) is 17.1 Å². The van der Waals surface area contributed by atoms with Gasteiger partial charge >= 0.3 is 5.97 Å². The van der Waals surface area contributed by atoms with Crippen molar-refractivity contribution in [2.75, 3.05) is 6.54 Å². The lowest BCUT2D eigenvalue weighted by Gasteiger charge is -2.17. The van der Waals surface area contributed by atoms with E-state index in [1.807, 2.05) is 0 Å². The van der Waals surface area contributed by atoms with Crippen molar-refractivity contribution in [3.8, 4) is 0 Å². The van der Waals surface area contributed by atoms with Crippen LogP contribution >= 0.6 is 0 Å². The summed E-state index contributed by atoms with van der Waals surface area (Å²) in [6.07, 6.45) is 3.00. The van der Waals surface area contributed by atoms with Gasteiger partial charge in [-0.05, 0) is 33.6 Å². The molecule has 1 aromatic rings. The summed E-state index contributed by atoms with van der Waals surface area (Å²) < 4.78 is 36.3. The second-order valence-electron chi connectivity index (χ2n) is 6.10. The minimum Gasteiger partial charge on any atom is -0.452 e. The van der Waals surface area contributed by atoms with Crippen LogP contribution in [0.15, 0.2) is 9.42 Å². The van der Waals surface area contributed by atoms with Crippen LogP contribution in [0.25, 0.3) is 0 Å². The second kappa shape index (κ2) is 7.96. The molecule has 0 radical (unpaired) electrons. The Morgan fingerprint density at radius 2 is 1.96 bits per heavy atom. The highest BCUT2D eigenvalue weighted by Crippen LogP contribution is 2.19. The van der Waals surface area contributed by atoms with Crippen LogP contribution in [0, 0.1) is 13.8 Å². The first-order chi connectivity index (χ1) is 11.7. The minimum atomic E-state index is -3.96. The van der Waals surface area contributed by atoms with E-state index in [-0.39, 0.29) is 28.3 Å². The highest BCUT2D eigenvalue weighted by molar-refractivity contribution is 7.89. The molecule has 9 nitrogen and oxygen atoms in total. The molecule has 2 rings (SSSR count). The van der Waals surface area contributed by atoms with Crippen molar-refractivity contribution < 1.29 is 27.3 Å². The second-order valence-corrected chi connectivity index (χ2v) is 7.80. The molecule has 1 aliphatic rings. The van der Waals surface area contributed by atoms with Gasteiger partial charge in [-0.25, -0.2) is 8.42 Å². The zero-order valence-electron chi connectivity index (χ0n) is 14.5. The molecule has 1 amide bonds. The van der Waals surface area contributed by atoms with E-state index in [1.165, 1.54) is 20.8 Å². The number of rotatable bonds is 7. The van der Waals surface area contributed by atoms with Gasteiger partial charge in [0.05, 0.1) is 0 Å². The van der Waals surface area contributed by atoms with Crippen molar-refractivity contribution in [3.63, 3.8) is 0 Å². The summed E-state index contributed by atoms with van der Waals surface area (Å²) in [5, 5.41) is 6.38. The first-order valence-corrected chi connectivity index (χ1v) is 9.61. The Morgan fingerprint density at radius 1 is 1.32 bits per heavy atom. The van der Waals surface area contributed by atoms with Gasteiger partial charge in [-0.2, -0.15) is 4.72 Å². The van der Waals surface area contributed by atoms with Crippen LogP contribution in [-0.2, 0) is 24.3 Å². The standard InChI is InChI=1S/C15H23N3O6S/c1-9-14(10(2)24-18-9)25(21,22)16-8-13(19)23-11(3)15(20)17-12-6-4-5-7-12/h11-12,16H,4-8H2,1-3H3,(H,17,20)/t11-/m1/s1. The Hall–Kier alpha value is -1.94. The smallest absolute Gasteiger partial charge is 0.321 e. The third-order valence-electron chi connectivity index (χ3n) is 4.02. The highest BCUT2D eigenvalue weighted by Gasteiger charge is 2.26. The van der Waals surface area contributed by atoms with Crippen LogP contribution in [0.2, 0.25) is 0 Å². The van der Waals surface area contributed by atoms with E-state index in [1.54, 1.807) is 0 Å². The lowest BCUT2D eigenvalue weighted by molar-refractivity contribution is -0.153. The molecule has 0 aliphatic heterocycles. The predicted octanol–water partition coefficient (Wildman–Crippen LogP) is 0.560. The van der Waals surface area contributed by atoms with Gasteiger partial charge < -0.3 is 14.6 Å². The first-order valence-electron chi connectivity index (χ1n) is 8.13. The summed E-state index contributed by atoms with van der Waals surface area (Å²) in [5.74, 6) is -1.10. The van der Waals surface area contributed by atoms with Crippen LogP contribution in [0.4, 0.5) is 0 Å². The topological polar surface area (TPSA) is 128 Å². The maximum Gasteiger partial charge on any atom is 0.321 e. The fraction of sp³-hybridized carbons (Fsp3) is 0.667. The number of esters is 1. The van der Waals surface area contributed by atoms with Crippen LogP contribution in [0.3, 0.4) is 0 Å². The molecule has 10 heteroatoms. The van der Waals surface area contributed by atoms with Crippen LogP contribution in [-0.4, -0.2) is 44.1 Å². The minimum absolute atomic E-state index is 0.104. The number of hydrogen-bond donors (Lipinski definition) is 2. The van der Waals surface area contributed by atoms with Crippen molar-refractivity contribution in [1.82, 2.24) is 15.2 Å². The molecule has 0 spiro atoms. The molecule has 25 heavy (non-hydrogen) atoms. The number of amides is 1. The van der Waals surface area contributed by atoms with Gasteiger partial charge in [0.15, 0.2) is 11.9 Å². The SMILES string of the molecule is Cc1noc(C)c1S(=O)(=O)NCC(=O)O[C@H](C)C(=O)NC1CCCC1. The summed E-state index contributed by atoms with van der Waals surface area (Å²) in [7, 11) is -3.96. The van der Waals surface area contributed by atoms with E-state index >= 15 is 0 Å². The third-order valence-corrected chi connectivity index (χ3v) is 5.67. The van der Waals surface area contributed by atoms with E-state index in [2.05, 4.69) is 15.2 Å². The normalized spacial score (nSPS) is 16.6. The van der Waals surface area contributed by atoms with Gasteiger partial charge in [-0.15, -0.1) is 0 Å². The molecule has 1 aliphatic carbocycles. The van der Waals surface area contributed by atoms with E-state index < -0.39 is 28.6 Å². The van der Waals surface area contributed by atoms with Crippen molar-refractivity contribution in [1.29, 1.82) is 0 Å². The fourth-order valence-corrected chi connectivity index (χ4v) is 4.06. The van der Waals surface area contributed by atoms with Crippen LogP contribution in [0.1, 0.15) is 44.1 Å². The number of carbonyl (C=O) groups excluding carboxylic acids is 2. The monoisotopic (exact) mass is 373 g/mol. The Kier molecular flexibility index (Phi) is 6.17. The van der Waals surface area contributed by atoms with Crippen molar-refractivity contribution in [2.24, 2.45) is 0 Å². The number of ether oxygens (including phenoxy) is 1.